The van der Waals surface area contributed by atoms with E-state index in [0.29, 0.717) is 13.0 Å². The monoisotopic (exact) mass is 346 g/mol. The summed E-state index contributed by atoms with van der Waals surface area (Å²) in [7, 11) is 0. The molecule has 0 saturated carbocycles. The van der Waals surface area contributed by atoms with Gasteiger partial charge in [-0.2, -0.15) is 0 Å². The van der Waals surface area contributed by atoms with Crippen LogP contribution in [0.25, 0.3) is 0 Å². The SMILES string of the molecule is CCCCC(=O)N1CCc2nc(C)nc(N3CC(C)OC(C)C3)c2C1. The number of carbonyl (C=O) groups is 1. The molecule has 2 unspecified atom stereocenters. The fourth-order valence-corrected chi connectivity index (χ4v) is 3.83. The number of fused-ring (bicyclic) bond motifs is 1. The van der Waals surface area contributed by atoms with E-state index in [1.54, 1.807) is 0 Å². The van der Waals surface area contributed by atoms with E-state index in [4.69, 9.17) is 9.72 Å². The van der Waals surface area contributed by atoms with Crippen molar-refractivity contribution in [3.05, 3.63) is 17.1 Å². The molecule has 0 aromatic carbocycles. The molecule has 1 fully saturated rings. The number of ether oxygens (including phenoxy) is 1. The van der Waals surface area contributed by atoms with Crippen LogP contribution in [0.2, 0.25) is 0 Å². The van der Waals surface area contributed by atoms with E-state index in [1.807, 2.05) is 11.8 Å². The molecule has 2 aliphatic heterocycles. The summed E-state index contributed by atoms with van der Waals surface area (Å²) in [6.45, 7) is 11.3. The fourth-order valence-electron chi connectivity index (χ4n) is 3.83. The van der Waals surface area contributed by atoms with Gasteiger partial charge in [0.05, 0.1) is 24.4 Å². The number of rotatable bonds is 4. The van der Waals surface area contributed by atoms with Gasteiger partial charge in [0.1, 0.15) is 11.6 Å². The Labute approximate surface area is 150 Å². The number of aryl methyl sites for hydroxylation is 1. The summed E-state index contributed by atoms with van der Waals surface area (Å²) < 4.78 is 5.87. The third kappa shape index (κ3) is 4.11. The van der Waals surface area contributed by atoms with Crippen LogP contribution in [0.1, 0.15) is 57.1 Å². The molecule has 0 radical (unpaired) electrons. The van der Waals surface area contributed by atoms with Crippen molar-refractivity contribution >= 4 is 11.7 Å². The third-order valence-electron chi connectivity index (χ3n) is 4.97. The van der Waals surface area contributed by atoms with Crippen LogP contribution in [-0.4, -0.2) is 52.6 Å². The maximum absolute atomic E-state index is 12.5. The molecular weight excluding hydrogens is 316 g/mol. The highest BCUT2D eigenvalue weighted by Crippen LogP contribution is 2.29. The van der Waals surface area contributed by atoms with Gasteiger partial charge in [0.2, 0.25) is 5.91 Å². The van der Waals surface area contributed by atoms with E-state index in [1.165, 1.54) is 0 Å². The first-order valence-corrected chi connectivity index (χ1v) is 9.52. The van der Waals surface area contributed by atoms with Crippen molar-refractivity contribution in [3.8, 4) is 0 Å². The lowest BCUT2D eigenvalue weighted by Crippen LogP contribution is -2.47. The van der Waals surface area contributed by atoms with Crippen LogP contribution in [0.4, 0.5) is 5.82 Å². The van der Waals surface area contributed by atoms with Crippen molar-refractivity contribution in [1.29, 1.82) is 0 Å². The lowest BCUT2D eigenvalue weighted by atomic mass is 10.0. The number of aromatic nitrogens is 2. The molecule has 6 nitrogen and oxygen atoms in total. The molecule has 0 N–H and O–H groups in total. The first-order chi connectivity index (χ1) is 12.0. The highest BCUT2D eigenvalue weighted by molar-refractivity contribution is 5.76. The smallest absolute Gasteiger partial charge is 0.222 e. The van der Waals surface area contributed by atoms with E-state index in [0.717, 1.165) is 61.8 Å². The van der Waals surface area contributed by atoms with Crippen molar-refractivity contribution in [3.63, 3.8) is 0 Å². The highest BCUT2D eigenvalue weighted by atomic mass is 16.5. The van der Waals surface area contributed by atoms with Gasteiger partial charge < -0.3 is 14.5 Å². The molecular formula is C19H30N4O2. The summed E-state index contributed by atoms with van der Waals surface area (Å²) in [6, 6.07) is 0. The lowest BCUT2D eigenvalue weighted by molar-refractivity contribution is -0.132. The summed E-state index contributed by atoms with van der Waals surface area (Å²) in [5.41, 5.74) is 2.23. The third-order valence-corrected chi connectivity index (χ3v) is 4.97. The standard InChI is InChI=1S/C19H30N4O2/c1-5-6-7-18(24)22-9-8-17-16(12-22)19(21-15(4)20-17)23-10-13(2)25-14(3)11-23/h13-14H,5-12H2,1-4H3. The zero-order valence-electron chi connectivity index (χ0n) is 15.9. The van der Waals surface area contributed by atoms with Gasteiger partial charge in [-0.05, 0) is 27.2 Å². The van der Waals surface area contributed by atoms with E-state index in [9.17, 15) is 4.79 Å². The van der Waals surface area contributed by atoms with Crippen LogP contribution in [0.5, 0.6) is 0 Å². The van der Waals surface area contributed by atoms with Gasteiger partial charge in [-0.25, -0.2) is 9.97 Å². The number of carbonyl (C=O) groups excluding carboxylic acids is 1. The first kappa shape index (κ1) is 18.1. The molecule has 1 amide bonds. The molecule has 25 heavy (non-hydrogen) atoms. The number of hydrogen-bond donors (Lipinski definition) is 0. The zero-order valence-corrected chi connectivity index (χ0v) is 15.9. The summed E-state index contributed by atoms with van der Waals surface area (Å²) in [6.07, 6.45) is 3.82. The first-order valence-electron chi connectivity index (χ1n) is 9.52. The molecule has 3 heterocycles. The molecule has 6 heteroatoms. The summed E-state index contributed by atoms with van der Waals surface area (Å²) in [5, 5.41) is 0. The van der Waals surface area contributed by atoms with Crippen LogP contribution < -0.4 is 4.90 Å². The summed E-state index contributed by atoms with van der Waals surface area (Å²) >= 11 is 0. The van der Waals surface area contributed by atoms with Gasteiger partial charge in [0.15, 0.2) is 0 Å². The number of unbranched alkanes of at least 4 members (excludes halogenated alkanes) is 1. The van der Waals surface area contributed by atoms with Crippen LogP contribution in [0.15, 0.2) is 0 Å². The number of morpholine rings is 1. The Kier molecular flexibility index (Phi) is 5.57. The van der Waals surface area contributed by atoms with Gasteiger partial charge >= 0.3 is 0 Å². The predicted molar refractivity (Wildman–Crippen MR) is 97.6 cm³/mol. The minimum absolute atomic E-state index is 0.181. The van der Waals surface area contributed by atoms with Gasteiger partial charge in [-0.3, -0.25) is 4.79 Å². The van der Waals surface area contributed by atoms with E-state index < -0.39 is 0 Å². The van der Waals surface area contributed by atoms with Crippen molar-refractivity contribution in [2.75, 3.05) is 24.5 Å². The van der Waals surface area contributed by atoms with Gasteiger partial charge in [-0.15, -0.1) is 0 Å². The second-order valence-corrected chi connectivity index (χ2v) is 7.35. The van der Waals surface area contributed by atoms with Crippen molar-refractivity contribution in [1.82, 2.24) is 14.9 Å². The molecule has 2 atom stereocenters. The van der Waals surface area contributed by atoms with Crippen LogP contribution in [0.3, 0.4) is 0 Å². The molecule has 0 spiro atoms. The van der Waals surface area contributed by atoms with Crippen LogP contribution in [-0.2, 0) is 22.5 Å². The summed E-state index contributed by atoms with van der Waals surface area (Å²) in [5.74, 6) is 2.06. The molecule has 0 aliphatic carbocycles. The largest absolute Gasteiger partial charge is 0.372 e. The topological polar surface area (TPSA) is 58.6 Å². The number of amides is 1. The second-order valence-electron chi connectivity index (χ2n) is 7.35. The number of nitrogens with zero attached hydrogens (tertiary/aromatic N) is 4. The normalized spacial score (nSPS) is 23.5. The minimum Gasteiger partial charge on any atom is -0.372 e. The molecule has 1 aromatic heterocycles. The zero-order chi connectivity index (χ0) is 18.0. The van der Waals surface area contributed by atoms with E-state index in [-0.39, 0.29) is 18.1 Å². The Morgan fingerprint density at radius 3 is 2.64 bits per heavy atom. The number of anilines is 1. The molecule has 1 saturated heterocycles. The highest BCUT2D eigenvalue weighted by Gasteiger charge is 2.30. The molecule has 138 valence electrons. The molecule has 1 aromatic rings. The Morgan fingerprint density at radius 2 is 1.96 bits per heavy atom. The number of hydrogen-bond acceptors (Lipinski definition) is 5. The fraction of sp³-hybridized carbons (Fsp3) is 0.737. The maximum atomic E-state index is 12.5. The van der Waals surface area contributed by atoms with Gasteiger partial charge in [0, 0.05) is 38.0 Å². The van der Waals surface area contributed by atoms with Crippen molar-refractivity contribution in [2.45, 2.75) is 72.1 Å². The van der Waals surface area contributed by atoms with E-state index in [2.05, 4.69) is 30.7 Å². The molecule has 2 aliphatic rings. The maximum Gasteiger partial charge on any atom is 0.222 e. The Bertz CT molecular complexity index is 624. The Balaban J connectivity index is 1.86. The molecule has 3 rings (SSSR count). The average Bonchev–Trinajstić information content (AvgIpc) is 2.57. The average molecular weight is 346 g/mol. The van der Waals surface area contributed by atoms with Crippen molar-refractivity contribution in [2.24, 2.45) is 0 Å². The van der Waals surface area contributed by atoms with Gasteiger partial charge in [-0.1, -0.05) is 13.3 Å². The van der Waals surface area contributed by atoms with Crippen molar-refractivity contribution < 1.29 is 9.53 Å². The predicted octanol–water partition coefficient (Wildman–Crippen LogP) is 2.47. The Hall–Kier alpha value is -1.69. The van der Waals surface area contributed by atoms with E-state index >= 15 is 0 Å². The lowest BCUT2D eigenvalue weighted by Gasteiger charge is -2.38. The quantitative estimate of drug-likeness (QED) is 0.838. The Morgan fingerprint density at radius 1 is 1.24 bits per heavy atom. The summed E-state index contributed by atoms with van der Waals surface area (Å²) in [4.78, 5) is 26.2. The molecule has 0 bridgehead atoms. The van der Waals surface area contributed by atoms with Crippen LogP contribution >= 0.6 is 0 Å². The van der Waals surface area contributed by atoms with Gasteiger partial charge in [0.25, 0.3) is 0 Å². The second kappa shape index (κ2) is 7.68. The van der Waals surface area contributed by atoms with Crippen LogP contribution in [0, 0.1) is 6.92 Å². The minimum atomic E-state index is 0.181.